The van der Waals surface area contributed by atoms with Gasteiger partial charge in [-0.2, -0.15) is 0 Å². The molecular weight excluding hydrogens is 308 g/mol. The summed E-state index contributed by atoms with van der Waals surface area (Å²) in [6.07, 6.45) is 0. The Hall–Kier alpha value is -1.69. The Morgan fingerprint density at radius 3 is 2.57 bits per heavy atom. The van der Waals surface area contributed by atoms with Crippen LogP contribution in [0, 0.1) is 6.92 Å². The number of carbonyl (C=O) groups is 1. The maximum atomic E-state index is 12.4. The molecule has 4 nitrogen and oxygen atoms in total. The summed E-state index contributed by atoms with van der Waals surface area (Å²) in [4.78, 5) is 15.3. The van der Waals surface area contributed by atoms with Gasteiger partial charge in [-0.05, 0) is 37.9 Å². The van der Waals surface area contributed by atoms with E-state index in [-0.39, 0.29) is 31.1 Å². The SMILES string of the molecule is Cc1ccc(C(NC(=O)CN(C)C(C)CO)c2cccs2)cc1. The molecule has 0 saturated heterocycles. The number of hydrogen-bond donors (Lipinski definition) is 2. The fourth-order valence-corrected chi connectivity index (χ4v) is 3.06. The quantitative estimate of drug-likeness (QED) is 0.819. The lowest BCUT2D eigenvalue weighted by atomic mass is 10.0. The van der Waals surface area contributed by atoms with Crippen LogP contribution in [0.2, 0.25) is 0 Å². The van der Waals surface area contributed by atoms with E-state index in [4.69, 9.17) is 0 Å². The van der Waals surface area contributed by atoms with Crippen LogP contribution in [-0.2, 0) is 4.79 Å². The van der Waals surface area contributed by atoms with E-state index < -0.39 is 0 Å². The Morgan fingerprint density at radius 1 is 1.30 bits per heavy atom. The number of hydrogen-bond acceptors (Lipinski definition) is 4. The lowest BCUT2D eigenvalue weighted by Gasteiger charge is -2.24. The van der Waals surface area contributed by atoms with E-state index in [1.165, 1.54) is 5.56 Å². The average molecular weight is 332 g/mol. The maximum absolute atomic E-state index is 12.4. The maximum Gasteiger partial charge on any atom is 0.234 e. The van der Waals surface area contributed by atoms with Crippen LogP contribution in [0.25, 0.3) is 0 Å². The summed E-state index contributed by atoms with van der Waals surface area (Å²) in [7, 11) is 1.84. The molecule has 124 valence electrons. The normalized spacial score (nSPS) is 13.8. The van der Waals surface area contributed by atoms with E-state index in [2.05, 4.69) is 29.6 Å². The van der Waals surface area contributed by atoms with Gasteiger partial charge in [0.25, 0.3) is 0 Å². The van der Waals surface area contributed by atoms with Crippen molar-refractivity contribution in [1.29, 1.82) is 0 Å². The van der Waals surface area contributed by atoms with Crippen molar-refractivity contribution in [1.82, 2.24) is 10.2 Å². The third-order valence-electron chi connectivity index (χ3n) is 3.95. The summed E-state index contributed by atoms with van der Waals surface area (Å²) in [6, 6.07) is 12.1. The minimum absolute atomic E-state index is 0.0378. The average Bonchev–Trinajstić information content (AvgIpc) is 3.07. The van der Waals surface area contributed by atoms with Gasteiger partial charge < -0.3 is 10.4 Å². The standard InChI is InChI=1S/C18H24N2O2S/c1-13-6-8-15(9-7-13)18(16-5-4-10-23-16)19-17(22)11-20(3)14(2)12-21/h4-10,14,18,21H,11-12H2,1-3H3,(H,19,22). The third-order valence-corrected chi connectivity index (χ3v) is 4.89. The fraction of sp³-hybridized carbons (Fsp3) is 0.389. The van der Waals surface area contributed by atoms with Gasteiger partial charge in [0.05, 0.1) is 19.2 Å². The molecule has 0 bridgehead atoms. The molecule has 2 rings (SSSR count). The second-order valence-electron chi connectivity index (χ2n) is 5.87. The minimum Gasteiger partial charge on any atom is -0.395 e. The number of rotatable bonds is 7. The number of carbonyl (C=O) groups excluding carboxylic acids is 1. The molecule has 2 unspecified atom stereocenters. The summed E-state index contributed by atoms with van der Waals surface area (Å²) in [6.45, 7) is 4.24. The monoisotopic (exact) mass is 332 g/mol. The predicted octanol–water partition coefficient (Wildman–Crippen LogP) is 2.57. The molecule has 0 saturated carbocycles. The van der Waals surface area contributed by atoms with Gasteiger partial charge in [0.15, 0.2) is 0 Å². The van der Waals surface area contributed by atoms with Gasteiger partial charge in [-0.3, -0.25) is 9.69 Å². The Labute approximate surface area is 141 Å². The largest absolute Gasteiger partial charge is 0.395 e. The first-order valence-electron chi connectivity index (χ1n) is 7.71. The molecule has 23 heavy (non-hydrogen) atoms. The van der Waals surface area contributed by atoms with Crippen LogP contribution in [0.4, 0.5) is 0 Å². The molecule has 0 aliphatic carbocycles. The summed E-state index contributed by atoms with van der Waals surface area (Å²) >= 11 is 1.63. The summed E-state index contributed by atoms with van der Waals surface area (Å²) in [5, 5.41) is 14.3. The zero-order chi connectivity index (χ0) is 16.8. The number of amides is 1. The van der Waals surface area contributed by atoms with E-state index in [9.17, 15) is 9.90 Å². The van der Waals surface area contributed by atoms with Crippen molar-refractivity contribution >= 4 is 17.2 Å². The van der Waals surface area contributed by atoms with Gasteiger partial charge in [0, 0.05) is 10.9 Å². The highest BCUT2D eigenvalue weighted by atomic mass is 32.1. The van der Waals surface area contributed by atoms with Crippen LogP contribution >= 0.6 is 11.3 Å². The van der Waals surface area contributed by atoms with Gasteiger partial charge in [-0.1, -0.05) is 35.9 Å². The molecule has 0 radical (unpaired) electrons. The smallest absolute Gasteiger partial charge is 0.234 e. The number of nitrogens with one attached hydrogen (secondary N) is 1. The van der Waals surface area contributed by atoms with Crippen LogP contribution < -0.4 is 5.32 Å². The molecule has 2 atom stereocenters. The summed E-state index contributed by atoms with van der Waals surface area (Å²) < 4.78 is 0. The van der Waals surface area contributed by atoms with Crippen molar-refractivity contribution in [3.8, 4) is 0 Å². The summed E-state index contributed by atoms with van der Waals surface area (Å²) in [5.41, 5.74) is 2.27. The third kappa shape index (κ3) is 4.89. The molecule has 2 aromatic rings. The van der Waals surface area contributed by atoms with Gasteiger partial charge in [0.2, 0.25) is 5.91 Å². The second kappa shape index (κ2) is 8.24. The van der Waals surface area contributed by atoms with Gasteiger partial charge in [-0.15, -0.1) is 11.3 Å². The highest BCUT2D eigenvalue weighted by Gasteiger charge is 2.19. The first kappa shape index (κ1) is 17.7. The first-order chi connectivity index (χ1) is 11.0. The Bertz CT molecular complexity index is 610. The molecule has 0 aliphatic heterocycles. The highest BCUT2D eigenvalue weighted by molar-refractivity contribution is 7.10. The van der Waals surface area contributed by atoms with E-state index in [1.807, 2.05) is 43.3 Å². The number of likely N-dealkylation sites (N-methyl/N-ethyl adjacent to an activating group) is 1. The van der Waals surface area contributed by atoms with Crippen molar-refractivity contribution in [2.24, 2.45) is 0 Å². The van der Waals surface area contributed by atoms with E-state index in [0.29, 0.717) is 0 Å². The molecule has 0 fully saturated rings. The number of thiophene rings is 1. The molecule has 5 heteroatoms. The van der Waals surface area contributed by atoms with E-state index in [0.717, 1.165) is 10.4 Å². The topological polar surface area (TPSA) is 52.6 Å². The molecule has 2 N–H and O–H groups in total. The van der Waals surface area contributed by atoms with Crippen LogP contribution in [0.1, 0.15) is 29.0 Å². The number of nitrogens with zero attached hydrogens (tertiary/aromatic N) is 1. The van der Waals surface area contributed by atoms with Gasteiger partial charge in [-0.25, -0.2) is 0 Å². The van der Waals surface area contributed by atoms with Crippen LogP contribution in [0.15, 0.2) is 41.8 Å². The van der Waals surface area contributed by atoms with Crippen LogP contribution in [0.3, 0.4) is 0 Å². The van der Waals surface area contributed by atoms with Gasteiger partial charge in [0.1, 0.15) is 0 Å². The second-order valence-corrected chi connectivity index (χ2v) is 6.85. The van der Waals surface area contributed by atoms with Crippen molar-refractivity contribution < 1.29 is 9.90 Å². The van der Waals surface area contributed by atoms with Gasteiger partial charge >= 0.3 is 0 Å². The molecule has 0 spiro atoms. The molecule has 1 aromatic carbocycles. The molecular formula is C18H24N2O2S. The number of aliphatic hydroxyl groups excluding tert-OH is 1. The molecule has 1 heterocycles. The number of aryl methyl sites for hydroxylation is 1. The zero-order valence-electron chi connectivity index (χ0n) is 13.8. The van der Waals surface area contributed by atoms with Crippen molar-refractivity contribution in [3.63, 3.8) is 0 Å². The molecule has 1 amide bonds. The van der Waals surface area contributed by atoms with Crippen molar-refractivity contribution in [2.45, 2.75) is 25.9 Å². The molecule has 0 aliphatic rings. The fourth-order valence-electron chi connectivity index (χ4n) is 2.26. The Kier molecular flexibility index (Phi) is 6.33. The zero-order valence-corrected chi connectivity index (χ0v) is 14.6. The summed E-state index contributed by atoms with van der Waals surface area (Å²) in [5.74, 6) is -0.0493. The predicted molar refractivity (Wildman–Crippen MR) is 94.7 cm³/mol. The lowest BCUT2D eigenvalue weighted by Crippen LogP contribution is -2.42. The first-order valence-corrected chi connectivity index (χ1v) is 8.59. The lowest BCUT2D eigenvalue weighted by molar-refractivity contribution is -0.123. The van der Waals surface area contributed by atoms with Crippen molar-refractivity contribution in [3.05, 3.63) is 57.8 Å². The molecule has 1 aromatic heterocycles. The Morgan fingerprint density at radius 2 is 2.00 bits per heavy atom. The minimum atomic E-state index is -0.138. The highest BCUT2D eigenvalue weighted by Crippen LogP contribution is 2.26. The van der Waals surface area contributed by atoms with Crippen molar-refractivity contribution in [2.75, 3.05) is 20.2 Å². The number of aliphatic hydroxyl groups is 1. The van der Waals surface area contributed by atoms with Crippen LogP contribution in [0.5, 0.6) is 0 Å². The number of benzene rings is 1. The van der Waals surface area contributed by atoms with E-state index >= 15 is 0 Å². The Balaban J connectivity index is 2.13. The van der Waals surface area contributed by atoms with E-state index in [1.54, 1.807) is 11.3 Å². The van der Waals surface area contributed by atoms with Crippen LogP contribution in [-0.4, -0.2) is 42.2 Å².